The Labute approximate surface area is 172 Å². The number of rotatable bonds is 5. The van der Waals surface area contributed by atoms with Gasteiger partial charge in [0.25, 0.3) is 5.91 Å². The van der Waals surface area contributed by atoms with Gasteiger partial charge >= 0.3 is 0 Å². The van der Waals surface area contributed by atoms with Gasteiger partial charge in [-0.2, -0.15) is 5.10 Å². The van der Waals surface area contributed by atoms with Crippen LogP contribution >= 0.6 is 12.4 Å². The third-order valence-electron chi connectivity index (χ3n) is 5.56. The summed E-state index contributed by atoms with van der Waals surface area (Å²) < 4.78 is 1.94. The second-order valence-electron chi connectivity index (χ2n) is 7.56. The second kappa shape index (κ2) is 10.0. The minimum absolute atomic E-state index is 0. The van der Waals surface area contributed by atoms with E-state index >= 15 is 0 Å². The van der Waals surface area contributed by atoms with E-state index in [2.05, 4.69) is 37.7 Å². The van der Waals surface area contributed by atoms with Crippen LogP contribution in [-0.4, -0.2) is 57.8 Å². The summed E-state index contributed by atoms with van der Waals surface area (Å²) in [6.45, 7) is 4.94. The standard InChI is InChI=1S/C20H28N6O.ClH/c27-20(19-7-13-26(24-19)18-2-1-8-22-14-18)23-17-5-11-25(12-6-17)15-16-3-9-21-10-4-16;/h3-4,7,9-10,13,17-18,22H,1-2,5-6,8,11-12,14-15H2,(H,23,27);1H. The average Bonchev–Trinajstić information content (AvgIpc) is 3.21. The fourth-order valence-electron chi connectivity index (χ4n) is 3.96. The molecular weight excluding hydrogens is 376 g/mol. The smallest absolute Gasteiger partial charge is 0.271 e. The SMILES string of the molecule is Cl.O=C(NC1CCN(Cc2ccncc2)CC1)c1ccn(C2CCCNC2)n1. The zero-order chi connectivity index (χ0) is 18.5. The summed E-state index contributed by atoms with van der Waals surface area (Å²) in [5.41, 5.74) is 1.81. The van der Waals surface area contributed by atoms with Crippen LogP contribution in [0.4, 0.5) is 0 Å². The molecule has 0 aliphatic carbocycles. The van der Waals surface area contributed by atoms with Crippen molar-refractivity contribution in [3.63, 3.8) is 0 Å². The molecule has 2 fully saturated rings. The second-order valence-corrected chi connectivity index (χ2v) is 7.56. The number of likely N-dealkylation sites (tertiary alicyclic amines) is 1. The Kier molecular flexibility index (Phi) is 7.42. The molecule has 0 radical (unpaired) electrons. The molecule has 7 nitrogen and oxygen atoms in total. The largest absolute Gasteiger partial charge is 0.348 e. The first-order chi connectivity index (χ1) is 13.3. The van der Waals surface area contributed by atoms with E-state index in [-0.39, 0.29) is 24.4 Å². The Hall–Kier alpha value is -1.96. The van der Waals surface area contributed by atoms with E-state index in [4.69, 9.17) is 0 Å². The zero-order valence-corrected chi connectivity index (χ0v) is 16.9. The molecule has 1 atom stereocenters. The Morgan fingerprint density at radius 1 is 1.18 bits per heavy atom. The van der Waals surface area contributed by atoms with Gasteiger partial charge in [-0.25, -0.2) is 0 Å². The zero-order valence-electron chi connectivity index (χ0n) is 16.1. The van der Waals surface area contributed by atoms with E-state index in [1.165, 1.54) is 5.56 Å². The van der Waals surface area contributed by atoms with Crippen molar-refractivity contribution in [2.24, 2.45) is 0 Å². The number of nitrogens with one attached hydrogen (secondary N) is 2. The van der Waals surface area contributed by atoms with E-state index in [1.54, 1.807) is 0 Å². The normalized spacial score (nSPS) is 21.1. The first kappa shape index (κ1) is 20.8. The van der Waals surface area contributed by atoms with E-state index in [0.29, 0.717) is 11.7 Å². The van der Waals surface area contributed by atoms with Gasteiger partial charge in [0.2, 0.25) is 0 Å². The van der Waals surface area contributed by atoms with Crippen LogP contribution < -0.4 is 10.6 Å². The number of piperidine rings is 2. The van der Waals surface area contributed by atoms with Crippen molar-refractivity contribution in [1.29, 1.82) is 0 Å². The number of amides is 1. The molecule has 1 unspecified atom stereocenters. The topological polar surface area (TPSA) is 75.1 Å². The van der Waals surface area contributed by atoms with Crippen LogP contribution in [0.25, 0.3) is 0 Å². The molecule has 4 heterocycles. The average molecular weight is 405 g/mol. The number of carbonyl (C=O) groups excluding carboxylic acids is 1. The highest BCUT2D eigenvalue weighted by molar-refractivity contribution is 5.92. The molecule has 0 saturated carbocycles. The molecule has 152 valence electrons. The van der Waals surface area contributed by atoms with E-state index in [1.807, 2.05) is 29.3 Å². The van der Waals surface area contributed by atoms with Gasteiger partial charge in [0, 0.05) is 50.8 Å². The highest BCUT2D eigenvalue weighted by Crippen LogP contribution is 2.17. The van der Waals surface area contributed by atoms with Gasteiger partial charge < -0.3 is 10.6 Å². The number of carbonyl (C=O) groups is 1. The quantitative estimate of drug-likeness (QED) is 0.797. The van der Waals surface area contributed by atoms with Crippen molar-refractivity contribution < 1.29 is 4.79 Å². The Bertz CT molecular complexity index is 738. The molecular formula is C20H29ClN6O. The summed E-state index contributed by atoms with van der Waals surface area (Å²) >= 11 is 0. The Morgan fingerprint density at radius 2 is 1.96 bits per heavy atom. The summed E-state index contributed by atoms with van der Waals surface area (Å²) in [5.74, 6) is -0.0508. The lowest BCUT2D eigenvalue weighted by Crippen LogP contribution is -2.44. The third kappa shape index (κ3) is 5.31. The number of hydrogen-bond acceptors (Lipinski definition) is 5. The highest BCUT2D eigenvalue weighted by atomic mass is 35.5. The molecule has 2 aliphatic rings. The minimum atomic E-state index is -0.0508. The molecule has 8 heteroatoms. The molecule has 0 bridgehead atoms. The molecule has 0 aromatic carbocycles. The predicted octanol–water partition coefficient (Wildman–Crippen LogP) is 2.02. The van der Waals surface area contributed by atoms with Gasteiger partial charge in [0.05, 0.1) is 6.04 Å². The Balaban J connectivity index is 0.00000225. The van der Waals surface area contributed by atoms with E-state index < -0.39 is 0 Å². The molecule has 2 N–H and O–H groups in total. The predicted molar refractivity (Wildman–Crippen MR) is 111 cm³/mol. The number of halogens is 1. The number of pyridine rings is 1. The first-order valence-electron chi connectivity index (χ1n) is 9.96. The van der Waals surface area contributed by atoms with Crippen molar-refractivity contribution in [2.45, 2.75) is 44.3 Å². The fourth-order valence-corrected chi connectivity index (χ4v) is 3.96. The lowest BCUT2D eigenvalue weighted by atomic mass is 10.0. The molecule has 2 aromatic heterocycles. The van der Waals surface area contributed by atoms with Gasteiger partial charge in [0.15, 0.2) is 0 Å². The number of aromatic nitrogens is 3. The van der Waals surface area contributed by atoms with Crippen LogP contribution in [0.15, 0.2) is 36.8 Å². The summed E-state index contributed by atoms with van der Waals surface area (Å²) in [5, 5.41) is 11.1. The van der Waals surface area contributed by atoms with Gasteiger partial charge in [-0.1, -0.05) is 0 Å². The lowest BCUT2D eigenvalue weighted by Gasteiger charge is -2.32. The molecule has 4 rings (SSSR count). The molecule has 2 aromatic rings. The number of hydrogen-bond donors (Lipinski definition) is 2. The maximum absolute atomic E-state index is 12.6. The molecule has 1 amide bonds. The van der Waals surface area contributed by atoms with Crippen molar-refractivity contribution in [1.82, 2.24) is 30.3 Å². The molecule has 2 saturated heterocycles. The third-order valence-corrected chi connectivity index (χ3v) is 5.56. The molecule has 28 heavy (non-hydrogen) atoms. The van der Waals surface area contributed by atoms with Gasteiger partial charge in [-0.15, -0.1) is 12.4 Å². The van der Waals surface area contributed by atoms with E-state index in [0.717, 1.165) is 58.4 Å². The summed E-state index contributed by atoms with van der Waals surface area (Å²) in [6, 6.07) is 6.55. The monoisotopic (exact) mass is 404 g/mol. The summed E-state index contributed by atoms with van der Waals surface area (Å²) in [6.07, 6.45) is 9.84. The van der Waals surface area contributed by atoms with Crippen molar-refractivity contribution >= 4 is 18.3 Å². The summed E-state index contributed by atoms with van der Waals surface area (Å²) in [7, 11) is 0. The lowest BCUT2D eigenvalue weighted by molar-refractivity contribution is 0.0902. The van der Waals surface area contributed by atoms with Crippen LogP contribution in [-0.2, 0) is 6.54 Å². The van der Waals surface area contributed by atoms with Crippen molar-refractivity contribution in [2.75, 3.05) is 26.2 Å². The van der Waals surface area contributed by atoms with Crippen LogP contribution in [0.1, 0.15) is 47.8 Å². The maximum atomic E-state index is 12.6. The van der Waals surface area contributed by atoms with Crippen LogP contribution in [0.5, 0.6) is 0 Å². The number of nitrogens with zero attached hydrogens (tertiary/aromatic N) is 4. The van der Waals surface area contributed by atoms with Gasteiger partial charge in [-0.05, 0) is 56.0 Å². The Morgan fingerprint density at radius 3 is 2.68 bits per heavy atom. The summed E-state index contributed by atoms with van der Waals surface area (Å²) in [4.78, 5) is 19.1. The van der Waals surface area contributed by atoms with Crippen LogP contribution in [0.2, 0.25) is 0 Å². The first-order valence-corrected chi connectivity index (χ1v) is 9.96. The van der Waals surface area contributed by atoms with Gasteiger partial charge in [-0.3, -0.25) is 19.4 Å². The van der Waals surface area contributed by atoms with Gasteiger partial charge in [0.1, 0.15) is 5.69 Å². The van der Waals surface area contributed by atoms with Crippen LogP contribution in [0.3, 0.4) is 0 Å². The fraction of sp³-hybridized carbons (Fsp3) is 0.550. The van der Waals surface area contributed by atoms with Crippen LogP contribution in [0, 0.1) is 0 Å². The van der Waals surface area contributed by atoms with Crippen molar-refractivity contribution in [3.05, 3.63) is 48.0 Å². The maximum Gasteiger partial charge on any atom is 0.271 e. The molecule has 2 aliphatic heterocycles. The minimum Gasteiger partial charge on any atom is -0.348 e. The van der Waals surface area contributed by atoms with E-state index in [9.17, 15) is 4.79 Å². The van der Waals surface area contributed by atoms with Crippen molar-refractivity contribution in [3.8, 4) is 0 Å². The highest BCUT2D eigenvalue weighted by Gasteiger charge is 2.23. The molecule has 0 spiro atoms.